The van der Waals surface area contributed by atoms with E-state index in [0.717, 1.165) is 29.2 Å². The van der Waals surface area contributed by atoms with Crippen molar-refractivity contribution in [2.75, 3.05) is 13.1 Å². The third-order valence-corrected chi connectivity index (χ3v) is 4.63. The summed E-state index contributed by atoms with van der Waals surface area (Å²) in [5.74, 6) is -0.0202. The zero-order valence-corrected chi connectivity index (χ0v) is 15.3. The van der Waals surface area contributed by atoms with Gasteiger partial charge >= 0.3 is 0 Å². The lowest BCUT2D eigenvalue weighted by Gasteiger charge is -2.11. The van der Waals surface area contributed by atoms with Crippen LogP contribution in [-0.2, 0) is 0 Å². The van der Waals surface area contributed by atoms with Gasteiger partial charge < -0.3 is 10.6 Å². The third-order valence-electron chi connectivity index (χ3n) is 3.66. The van der Waals surface area contributed by atoms with Crippen LogP contribution in [0.15, 0.2) is 30.3 Å². The third kappa shape index (κ3) is 4.91. The van der Waals surface area contributed by atoms with Crippen molar-refractivity contribution in [2.45, 2.75) is 25.8 Å². The van der Waals surface area contributed by atoms with Gasteiger partial charge in [-0.3, -0.25) is 4.79 Å². The van der Waals surface area contributed by atoms with Crippen LogP contribution < -0.4 is 10.6 Å². The van der Waals surface area contributed by atoms with Crippen LogP contribution in [0.2, 0.25) is 0 Å². The second kappa shape index (κ2) is 9.23. The van der Waals surface area contributed by atoms with E-state index >= 15 is 0 Å². The number of hydrogen-bond acceptors (Lipinski definition) is 4. The second-order valence-electron chi connectivity index (χ2n) is 5.28. The number of nitrogens with one attached hydrogen (secondary N) is 2. The molecule has 1 aromatic carbocycles. The summed E-state index contributed by atoms with van der Waals surface area (Å²) in [5.41, 5.74) is 1.78. The fourth-order valence-corrected chi connectivity index (χ4v) is 3.46. The number of aromatic nitrogens is 1. The highest BCUT2D eigenvalue weighted by atomic mass is 35.5. The van der Waals surface area contributed by atoms with E-state index in [-0.39, 0.29) is 30.7 Å². The van der Waals surface area contributed by atoms with E-state index in [4.69, 9.17) is 0 Å². The smallest absolute Gasteiger partial charge is 0.263 e. The lowest BCUT2D eigenvalue weighted by Crippen LogP contribution is -2.37. The van der Waals surface area contributed by atoms with Gasteiger partial charge in [-0.1, -0.05) is 30.3 Å². The molecule has 3 rings (SSSR count). The van der Waals surface area contributed by atoms with Gasteiger partial charge in [-0.05, 0) is 26.3 Å². The Labute approximate surface area is 152 Å². The van der Waals surface area contributed by atoms with E-state index in [1.165, 1.54) is 17.8 Å². The van der Waals surface area contributed by atoms with Gasteiger partial charge in [0.2, 0.25) is 0 Å². The van der Waals surface area contributed by atoms with Gasteiger partial charge in [-0.15, -0.1) is 36.2 Å². The maximum Gasteiger partial charge on any atom is 0.263 e. The summed E-state index contributed by atoms with van der Waals surface area (Å²) in [7, 11) is 0. The first kappa shape index (κ1) is 19.9. The molecule has 2 aromatic rings. The quantitative estimate of drug-likeness (QED) is 0.862. The minimum Gasteiger partial charge on any atom is -0.350 e. The number of amides is 1. The number of halogens is 2. The van der Waals surface area contributed by atoms with E-state index in [0.29, 0.717) is 17.5 Å². The number of thiazole rings is 1. The van der Waals surface area contributed by atoms with Crippen LogP contribution in [0.5, 0.6) is 0 Å². The molecule has 1 aliphatic heterocycles. The molecule has 1 aliphatic rings. The number of nitrogens with zero attached hydrogens (tertiary/aromatic N) is 1. The first-order valence-corrected chi connectivity index (χ1v) is 8.10. The first-order chi connectivity index (χ1) is 10.2. The standard InChI is InChI=1S/C16H19N3OS.2ClH/c1-11-19-14(12-6-3-2-4-7-12)15(21-11)16(20)18-10-13-8-5-9-17-13;;/h2-4,6-7,13,17H,5,8-10H2,1H3,(H,18,20);2*1H. The summed E-state index contributed by atoms with van der Waals surface area (Å²) in [6.45, 7) is 3.67. The van der Waals surface area contributed by atoms with Gasteiger partial charge in [0, 0.05) is 18.2 Å². The summed E-state index contributed by atoms with van der Waals surface area (Å²) in [4.78, 5) is 17.7. The maximum absolute atomic E-state index is 12.4. The number of hydrogen-bond donors (Lipinski definition) is 2. The Morgan fingerprint density at radius 3 is 2.74 bits per heavy atom. The molecule has 1 fully saturated rings. The summed E-state index contributed by atoms with van der Waals surface area (Å²) < 4.78 is 0. The Hall–Kier alpha value is -1.14. The molecule has 23 heavy (non-hydrogen) atoms. The minimum atomic E-state index is -0.0202. The van der Waals surface area contributed by atoms with Crippen molar-refractivity contribution in [3.63, 3.8) is 0 Å². The average molecular weight is 374 g/mol. The zero-order chi connectivity index (χ0) is 14.7. The Balaban J connectivity index is 0.00000132. The Morgan fingerprint density at radius 2 is 2.09 bits per heavy atom. The number of rotatable bonds is 4. The Morgan fingerprint density at radius 1 is 1.35 bits per heavy atom. The van der Waals surface area contributed by atoms with E-state index in [1.807, 2.05) is 37.3 Å². The predicted octanol–water partition coefficient (Wildman–Crippen LogP) is 3.44. The van der Waals surface area contributed by atoms with Crippen LogP contribution >= 0.6 is 36.2 Å². The predicted molar refractivity (Wildman–Crippen MR) is 100 cm³/mol. The largest absolute Gasteiger partial charge is 0.350 e. The molecule has 2 heterocycles. The molecule has 0 spiro atoms. The van der Waals surface area contributed by atoms with Crippen LogP contribution in [0, 0.1) is 6.92 Å². The molecule has 1 atom stereocenters. The molecule has 1 amide bonds. The van der Waals surface area contributed by atoms with E-state index in [2.05, 4.69) is 15.6 Å². The van der Waals surface area contributed by atoms with Crippen molar-refractivity contribution in [2.24, 2.45) is 0 Å². The number of benzene rings is 1. The SMILES string of the molecule is Cc1nc(-c2ccccc2)c(C(=O)NCC2CCCN2)s1.Cl.Cl. The molecular weight excluding hydrogens is 353 g/mol. The van der Waals surface area contributed by atoms with Crippen molar-refractivity contribution in [1.82, 2.24) is 15.6 Å². The van der Waals surface area contributed by atoms with Crippen molar-refractivity contribution in [3.8, 4) is 11.3 Å². The zero-order valence-electron chi connectivity index (χ0n) is 12.9. The van der Waals surface area contributed by atoms with E-state index in [9.17, 15) is 4.79 Å². The monoisotopic (exact) mass is 373 g/mol. The highest BCUT2D eigenvalue weighted by Crippen LogP contribution is 2.27. The molecule has 126 valence electrons. The van der Waals surface area contributed by atoms with Crippen LogP contribution in [0.3, 0.4) is 0 Å². The average Bonchev–Trinajstić information content (AvgIpc) is 3.15. The van der Waals surface area contributed by atoms with Crippen LogP contribution in [0.25, 0.3) is 11.3 Å². The van der Waals surface area contributed by atoms with Gasteiger partial charge in [0.25, 0.3) is 5.91 Å². The molecule has 0 bridgehead atoms. The van der Waals surface area contributed by atoms with Crippen molar-refractivity contribution in [3.05, 3.63) is 40.2 Å². The summed E-state index contributed by atoms with van der Waals surface area (Å²) >= 11 is 1.46. The fraction of sp³-hybridized carbons (Fsp3) is 0.375. The van der Waals surface area contributed by atoms with Crippen molar-refractivity contribution < 1.29 is 4.79 Å². The lowest BCUT2D eigenvalue weighted by atomic mass is 10.1. The van der Waals surface area contributed by atoms with E-state index in [1.54, 1.807) is 0 Å². The molecular formula is C16H21Cl2N3OS. The normalized spacial score (nSPS) is 16.3. The minimum absolute atomic E-state index is 0. The first-order valence-electron chi connectivity index (χ1n) is 7.28. The highest BCUT2D eigenvalue weighted by Gasteiger charge is 2.20. The number of carbonyl (C=O) groups excluding carboxylic acids is 1. The molecule has 1 saturated heterocycles. The topological polar surface area (TPSA) is 54.0 Å². The molecule has 0 radical (unpaired) electrons. The van der Waals surface area contributed by atoms with Gasteiger partial charge in [-0.2, -0.15) is 0 Å². The Bertz CT molecular complexity index is 628. The van der Waals surface area contributed by atoms with Gasteiger partial charge in [0.1, 0.15) is 4.88 Å². The molecule has 1 unspecified atom stereocenters. The number of carbonyl (C=O) groups is 1. The molecule has 1 aromatic heterocycles. The highest BCUT2D eigenvalue weighted by molar-refractivity contribution is 7.14. The molecule has 2 N–H and O–H groups in total. The molecule has 4 nitrogen and oxygen atoms in total. The second-order valence-corrected chi connectivity index (χ2v) is 6.48. The summed E-state index contributed by atoms with van der Waals surface area (Å²) in [6, 6.07) is 10.3. The van der Waals surface area contributed by atoms with Gasteiger partial charge in [0.05, 0.1) is 10.7 Å². The fourth-order valence-electron chi connectivity index (χ4n) is 2.60. The van der Waals surface area contributed by atoms with Crippen molar-refractivity contribution >= 4 is 42.1 Å². The maximum atomic E-state index is 12.4. The summed E-state index contributed by atoms with van der Waals surface area (Å²) in [6.07, 6.45) is 2.32. The lowest BCUT2D eigenvalue weighted by molar-refractivity contribution is 0.0955. The Kier molecular flexibility index (Phi) is 7.99. The molecule has 7 heteroatoms. The van der Waals surface area contributed by atoms with E-state index < -0.39 is 0 Å². The van der Waals surface area contributed by atoms with Gasteiger partial charge in [-0.25, -0.2) is 4.98 Å². The van der Waals surface area contributed by atoms with Crippen LogP contribution in [-0.4, -0.2) is 30.0 Å². The van der Waals surface area contributed by atoms with Gasteiger partial charge in [0.15, 0.2) is 0 Å². The van der Waals surface area contributed by atoms with Crippen LogP contribution in [0.4, 0.5) is 0 Å². The molecule has 0 saturated carbocycles. The molecule has 0 aliphatic carbocycles. The number of aryl methyl sites for hydroxylation is 1. The summed E-state index contributed by atoms with van der Waals surface area (Å²) in [5, 5.41) is 7.34. The van der Waals surface area contributed by atoms with Crippen LogP contribution in [0.1, 0.15) is 27.5 Å². The van der Waals surface area contributed by atoms with Crippen molar-refractivity contribution in [1.29, 1.82) is 0 Å².